The van der Waals surface area contributed by atoms with Crippen LogP contribution in [0.4, 0.5) is 4.39 Å². The maximum absolute atomic E-state index is 11.8. The van der Waals surface area contributed by atoms with Crippen molar-refractivity contribution in [2.45, 2.75) is 19.1 Å². The van der Waals surface area contributed by atoms with E-state index in [1.165, 1.54) is 0 Å². The van der Waals surface area contributed by atoms with Gasteiger partial charge in [-0.15, -0.1) is 0 Å². The Morgan fingerprint density at radius 3 is 2.78 bits per heavy atom. The first-order valence-electron chi connectivity index (χ1n) is 3.12. The van der Waals surface area contributed by atoms with Gasteiger partial charge >= 0.3 is 0 Å². The zero-order valence-corrected chi connectivity index (χ0v) is 5.47. The first-order valence-corrected chi connectivity index (χ1v) is 3.12. The molecule has 0 aromatic carbocycles. The molecule has 54 valence electrons. The molecule has 0 aliphatic carbocycles. The molecule has 1 aliphatic rings. The van der Waals surface area contributed by atoms with Gasteiger partial charge in [0.15, 0.2) is 0 Å². The highest BCUT2D eigenvalue weighted by atomic mass is 19.1. The van der Waals surface area contributed by atoms with E-state index in [9.17, 15) is 4.39 Å². The minimum absolute atomic E-state index is 0.0551. The minimum Gasteiger partial charge on any atom is -0.376 e. The van der Waals surface area contributed by atoms with Crippen LogP contribution >= 0.6 is 0 Å². The zero-order valence-electron chi connectivity index (χ0n) is 5.47. The van der Waals surface area contributed by atoms with E-state index in [2.05, 4.69) is 0 Å². The van der Waals surface area contributed by atoms with Crippen molar-refractivity contribution >= 4 is 0 Å². The number of hydrogen-bond donors (Lipinski definition) is 0. The highest BCUT2D eigenvalue weighted by Crippen LogP contribution is 2.06. The molecule has 1 fully saturated rings. The van der Waals surface area contributed by atoms with Crippen LogP contribution in [-0.4, -0.2) is 32.1 Å². The van der Waals surface area contributed by atoms with Gasteiger partial charge < -0.3 is 9.47 Å². The summed E-state index contributed by atoms with van der Waals surface area (Å²) in [5, 5.41) is 0. The molecular weight excluding hydrogens is 123 g/mol. The van der Waals surface area contributed by atoms with Crippen LogP contribution < -0.4 is 0 Å². The van der Waals surface area contributed by atoms with Gasteiger partial charge in [-0.25, -0.2) is 4.39 Å². The first kappa shape index (κ1) is 6.96. The molecule has 1 saturated heterocycles. The molecule has 0 spiro atoms. The second-order valence-electron chi connectivity index (χ2n) is 2.26. The maximum atomic E-state index is 11.8. The van der Waals surface area contributed by atoms with E-state index < -0.39 is 6.67 Å². The van der Waals surface area contributed by atoms with Crippen molar-refractivity contribution in [2.75, 3.05) is 19.9 Å². The second-order valence-corrected chi connectivity index (χ2v) is 2.26. The summed E-state index contributed by atoms with van der Waals surface area (Å²) in [4.78, 5) is 0. The third-order valence-electron chi connectivity index (χ3n) is 1.25. The minimum atomic E-state index is -0.440. The molecule has 2 atom stereocenters. The smallest absolute Gasteiger partial charge is 0.118 e. The number of rotatable bonds is 1. The fraction of sp³-hybridized carbons (Fsp3) is 1.00. The van der Waals surface area contributed by atoms with Gasteiger partial charge in [-0.1, -0.05) is 0 Å². The zero-order chi connectivity index (χ0) is 6.69. The molecule has 2 nitrogen and oxygen atoms in total. The lowest BCUT2D eigenvalue weighted by Gasteiger charge is -2.25. The summed E-state index contributed by atoms with van der Waals surface area (Å²) in [6, 6.07) is 0. The Bertz CT molecular complexity index is 87.1. The molecule has 1 aliphatic heterocycles. The second kappa shape index (κ2) is 3.13. The molecule has 1 rings (SSSR count). The Morgan fingerprint density at radius 1 is 1.56 bits per heavy atom. The van der Waals surface area contributed by atoms with E-state index >= 15 is 0 Å². The normalized spacial score (nSPS) is 36.7. The number of ether oxygens (including phenoxy) is 2. The summed E-state index contributed by atoms with van der Waals surface area (Å²) < 4.78 is 22.0. The van der Waals surface area contributed by atoms with Crippen LogP contribution in [0.2, 0.25) is 0 Å². The van der Waals surface area contributed by atoms with E-state index in [-0.39, 0.29) is 12.2 Å². The van der Waals surface area contributed by atoms with Crippen molar-refractivity contribution in [1.82, 2.24) is 0 Å². The van der Waals surface area contributed by atoms with Crippen LogP contribution in [0.1, 0.15) is 6.92 Å². The van der Waals surface area contributed by atoms with Crippen LogP contribution in [0.3, 0.4) is 0 Å². The summed E-state index contributed by atoms with van der Waals surface area (Å²) >= 11 is 0. The molecule has 1 heterocycles. The summed E-state index contributed by atoms with van der Waals surface area (Å²) in [5.41, 5.74) is 0. The molecule has 2 unspecified atom stereocenters. The molecule has 0 radical (unpaired) electrons. The summed E-state index contributed by atoms with van der Waals surface area (Å²) in [6.07, 6.45) is -0.270. The summed E-state index contributed by atoms with van der Waals surface area (Å²) in [6.45, 7) is 2.43. The molecule has 0 saturated carbocycles. The molecule has 9 heavy (non-hydrogen) atoms. The van der Waals surface area contributed by atoms with Crippen LogP contribution in [0.5, 0.6) is 0 Å². The molecule has 0 aromatic heterocycles. The van der Waals surface area contributed by atoms with Gasteiger partial charge in [0, 0.05) is 0 Å². The molecule has 0 aromatic rings. The monoisotopic (exact) mass is 134 g/mol. The Hall–Kier alpha value is -0.150. The topological polar surface area (TPSA) is 18.5 Å². The summed E-state index contributed by atoms with van der Waals surface area (Å²) in [5.74, 6) is 0. The average Bonchev–Trinajstić information content (AvgIpc) is 1.88. The van der Waals surface area contributed by atoms with Gasteiger partial charge in [0.05, 0.1) is 19.3 Å². The van der Waals surface area contributed by atoms with Gasteiger partial charge in [-0.2, -0.15) is 0 Å². The maximum Gasteiger partial charge on any atom is 0.118 e. The van der Waals surface area contributed by atoms with Crippen molar-refractivity contribution in [3.8, 4) is 0 Å². The van der Waals surface area contributed by atoms with Crippen LogP contribution in [0.15, 0.2) is 0 Å². The van der Waals surface area contributed by atoms with Gasteiger partial charge in [0.1, 0.15) is 12.8 Å². The first-order chi connectivity index (χ1) is 4.33. The highest BCUT2D eigenvalue weighted by molar-refractivity contribution is 4.63. The van der Waals surface area contributed by atoms with E-state index in [4.69, 9.17) is 9.47 Å². The third-order valence-corrected chi connectivity index (χ3v) is 1.25. The summed E-state index contributed by atoms with van der Waals surface area (Å²) in [7, 11) is 0. The van der Waals surface area contributed by atoms with Crippen molar-refractivity contribution < 1.29 is 13.9 Å². The number of halogens is 1. The number of alkyl halides is 1. The molecular formula is C6H11FO2. The van der Waals surface area contributed by atoms with E-state index in [0.29, 0.717) is 13.2 Å². The predicted octanol–water partition coefficient (Wildman–Crippen LogP) is 0.760. The standard InChI is InChI=1S/C6H11FO2/c1-5-3-8-4-6(2-7)9-5/h5-6H,2-4H2,1H3. The fourth-order valence-corrected chi connectivity index (χ4v) is 0.853. The Morgan fingerprint density at radius 2 is 2.33 bits per heavy atom. The molecule has 0 N–H and O–H groups in total. The van der Waals surface area contributed by atoms with E-state index in [0.717, 1.165) is 0 Å². The van der Waals surface area contributed by atoms with Crippen molar-refractivity contribution in [3.63, 3.8) is 0 Å². The lowest BCUT2D eigenvalue weighted by Crippen LogP contribution is -2.35. The van der Waals surface area contributed by atoms with E-state index in [1.807, 2.05) is 6.92 Å². The average molecular weight is 134 g/mol. The van der Waals surface area contributed by atoms with Gasteiger partial charge in [-0.3, -0.25) is 0 Å². The largest absolute Gasteiger partial charge is 0.376 e. The van der Waals surface area contributed by atoms with Gasteiger partial charge in [-0.05, 0) is 6.92 Å². The molecule has 0 amide bonds. The molecule has 3 heteroatoms. The lowest BCUT2D eigenvalue weighted by molar-refractivity contribution is -0.135. The Kier molecular flexibility index (Phi) is 2.42. The van der Waals surface area contributed by atoms with Crippen LogP contribution in [0.25, 0.3) is 0 Å². The van der Waals surface area contributed by atoms with Crippen LogP contribution in [0, 0.1) is 0 Å². The highest BCUT2D eigenvalue weighted by Gasteiger charge is 2.18. The quantitative estimate of drug-likeness (QED) is 0.527. The van der Waals surface area contributed by atoms with Crippen molar-refractivity contribution in [1.29, 1.82) is 0 Å². The van der Waals surface area contributed by atoms with Crippen LogP contribution in [-0.2, 0) is 9.47 Å². The third kappa shape index (κ3) is 1.91. The Balaban J connectivity index is 2.23. The predicted molar refractivity (Wildman–Crippen MR) is 31.1 cm³/mol. The van der Waals surface area contributed by atoms with E-state index in [1.54, 1.807) is 0 Å². The van der Waals surface area contributed by atoms with Gasteiger partial charge in [0.25, 0.3) is 0 Å². The molecule has 0 bridgehead atoms. The lowest BCUT2D eigenvalue weighted by atomic mass is 10.3. The fourth-order valence-electron chi connectivity index (χ4n) is 0.853. The van der Waals surface area contributed by atoms with Crippen molar-refractivity contribution in [2.24, 2.45) is 0 Å². The van der Waals surface area contributed by atoms with Crippen molar-refractivity contribution in [3.05, 3.63) is 0 Å². The SMILES string of the molecule is CC1COCC(CF)O1. The Labute approximate surface area is 54.0 Å². The number of hydrogen-bond acceptors (Lipinski definition) is 2. The van der Waals surface area contributed by atoms with Gasteiger partial charge in [0.2, 0.25) is 0 Å².